The van der Waals surface area contributed by atoms with Crippen molar-refractivity contribution < 1.29 is 29.0 Å². The van der Waals surface area contributed by atoms with Gasteiger partial charge in [0.05, 0.1) is 29.7 Å². The Bertz CT molecular complexity index is 1980. The zero-order valence-corrected chi connectivity index (χ0v) is 28.1. The molecule has 8 rings (SSSR count). The van der Waals surface area contributed by atoms with Gasteiger partial charge in [-0.3, -0.25) is 24.1 Å². The summed E-state index contributed by atoms with van der Waals surface area (Å²) >= 11 is 6.40. The maximum Gasteiger partial charge on any atom is 0.305 e. The fraction of sp³-hybridized carbons (Fsp3) is 0.294. The maximum absolute atomic E-state index is 14.1. The summed E-state index contributed by atoms with van der Waals surface area (Å²) in [6.45, 7) is -0.262. The monoisotopic (exact) mass is 733 g/mol. The predicted molar refractivity (Wildman–Crippen MR) is 180 cm³/mol. The van der Waals surface area contributed by atoms with E-state index in [2.05, 4.69) is 26.2 Å². The Hall–Kier alpha value is -4.07. The van der Waals surface area contributed by atoms with Gasteiger partial charge >= 0.3 is 4.87 Å². The van der Waals surface area contributed by atoms with Crippen LogP contribution in [-0.4, -0.2) is 46.8 Å². The predicted octanol–water partition coefficient (Wildman–Crippen LogP) is 5.61. The van der Waals surface area contributed by atoms with E-state index in [4.69, 9.17) is 9.47 Å². The number of fused-ring (bicyclic) bond motifs is 9. The van der Waals surface area contributed by atoms with Crippen LogP contribution in [0.4, 0.5) is 11.4 Å². The molecule has 2 bridgehead atoms. The van der Waals surface area contributed by atoms with Crippen LogP contribution in [0.5, 0.6) is 17.2 Å². The zero-order valence-electron chi connectivity index (χ0n) is 24.8. The second kappa shape index (κ2) is 11.6. The summed E-state index contributed by atoms with van der Waals surface area (Å²) < 4.78 is 12.2. The largest absolute Gasteiger partial charge is 0.508 e. The maximum atomic E-state index is 14.1. The molecule has 0 spiro atoms. The summed E-state index contributed by atoms with van der Waals surface area (Å²) in [7, 11) is 1.57. The molecule has 1 aromatic heterocycles. The van der Waals surface area contributed by atoms with Gasteiger partial charge in [-0.05, 0) is 90.9 Å². The lowest BCUT2D eigenvalue weighted by Gasteiger charge is -2.43. The van der Waals surface area contributed by atoms with Gasteiger partial charge in [-0.1, -0.05) is 27.3 Å². The van der Waals surface area contributed by atoms with Crippen LogP contribution in [0, 0.1) is 29.6 Å². The number of carbonyl (C=O) groups excluding carboxylic acids is 3. The minimum Gasteiger partial charge on any atom is -0.508 e. The lowest BCUT2D eigenvalue weighted by atomic mass is 9.68. The highest BCUT2D eigenvalue weighted by molar-refractivity contribution is 9.10. The number of phenols is 1. The zero-order chi connectivity index (χ0) is 32.6. The number of hydrogen-bond donors (Lipinski definition) is 3. The quantitative estimate of drug-likeness (QED) is 0.165. The smallest absolute Gasteiger partial charge is 0.305 e. The number of aromatic hydroxyl groups is 1. The van der Waals surface area contributed by atoms with Gasteiger partial charge < -0.3 is 24.9 Å². The number of ether oxygens (including phenoxy) is 2. The topological polar surface area (TPSA) is 138 Å². The van der Waals surface area contributed by atoms with Gasteiger partial charge in [-0.15, -0.1) is 11.8 Å². The molecular formula is C34H28BrN3O7S2. The number of amides is 3. The fourth-order valence-electron chi connectivity index (χ4n) is 8.13. The van der Waals surface area contributed by atoms with Gasteiger partial charge in [0.1, 0.15) is 17.2 Å². The van der Waals surface area contributed by atoms with Crippen LogP contribution in [0.3, 0.4) is 0 Å². The van der Waals surface area contributed by atoms with Crippen LogP contribution in [0.25, 0.3) is 0 Å². The Morgan fingerprint density at radius 1 is 1.02 bits per heavy atom. The van der Waals surface area contributed by atoms with Crippen molar-refractivity contribution in [1.82, 2.24) is 4.98 Å². The average Bonchev–Trinajstić information content (AvgIpc) is 3.80. The first-order chi connectivity index (χ1) is 22.7. The number of nitrogens with zero attached hydrogens (tertiary/aromatic N) is 1. The number of imide groups is 1. The highest BCUT2D eigenvalue weighted by Gasteiger charge is 2.69. The Kier molecular flexibility index (Phi) is 7.45. The van der Waals surface area contributed by atoms with Crippen molar-refractivity contribution in [2.75, 3.05) is 23.9 Å². The SMILES string of the molecule is COc1ccc(N2C(=O)C3C(C2=O)[C@@H]2C[C@H]3C3Sc4[nH]c(=O)sc4[C@H](c4cc(Br)ccc4OCC(=O)Nc4ccc(O)cc4)C32)cc1. The second-order valence-electron chi connectivity index (χ2n) is 12.2. The number of aromatic amines is 1. The molecule has 3 aromatic carbocycles. The van der Waals surface area contributed by atoms with Gasteiger partial charge in [-0.2, -0.15) is 0 Å². The van der Waals surface area contributed by atoms with Crippen molar-refractivity contribution >= 4 is 68.1 Å². The average molecular weight is 735 g/mol. The fourth-order valence-corrected chi connectivity index (χ4v) is 11.4. The number of anilines is 2. The molecule has 2 aliphatic carbocycles. The summed E-state index contributed by atoms with van der Waals surface area (Å²) in [5, 5.41) is 13.1. The molecule has 4 aromatic rings. The Balaban J connectivity index is 1.13. The van der Waals surface area contributed by atoms with Gasteiger partial charge in [0.15, 0.2) is 6.61 Å². The normalized spacial score (nSPS) is 26.9. The van der Waals surface area contributed by atoms with Gasteiger partial charge in [0.2, 0.25) is 11.8 Å². The Morgan fingerprint density at radius 2 is 1.74 bits per heavy atom. The third-order valence-corrected chi connectivity index (χ3v) is 13.0. The third-order valence-electron chi connectivity index (χ3n) is 9.87. The van der Waals surface area contributed by atoms with Crippen LogP contribution in [-0.2, 0) is 14.4 Å². The van der Waals surface area contributed by atoms with Crippen LogP contribution in [0.1, 0.15) is 22.8 Å². The molecule has 4 aliphatic rings. The second-order valence-corrected chi connectivity index (χ2v) is 15.4. The highest BCUT2D eigenvalue weighted by atomic mass is 79.9. The minimum atomic E-state index is -0.455. The molecule has 4 unspecified atom stereocenters. The number of rotatable bonds is 7. The standard InChI is InChI=1S/C34H28BrN3O7S2/c1-44-19-9-5-17(6-10-19)38-32(41)27-21-13-22(28(27)33(38)42)29-26(21)25(30-31(46-29)37-34(43)47-30)20-12-15(35)2-11-23(20)45-14-24(40)36-16-3-7-18(39)8-4-16/h2-12,21-22,25-29,39H,13-14H2,1H3,(H,36,40)(H,37,43)/t21-,22-,25-,26?,27?,28?,29?/m1/s1. The van der Waals surface area contributed by atoms with E-state index in [9.17, 15) is 24.3 Å². The van der Waals surface area contributed by atoms with E-state index in [0.29, 0.717) is 22.9 Å². The summed E-state index contributed by atoms with van der Waals surface area (Å²) in [6, 6.07) is 18.8. The third kappa shape index (κ3) is 4.97. The van der Waals surface area contributed by atoms with E-state index in [1.165, 1.54) is 17.0 Å². The molecule has 2 saturated carbocycles. The molecule has 3 heterocycles. The molecule has 2 aliphatic heterocycles. The molecule has 7 atom stereocenters. The lowest BCUT2D eigenvalue weighted by molar-refractivity contribution is -0.123. The molecule has 47 heavy (non-hydrogen) atoms. The van der Waals surface area contributed by atoms with Crippen molar-refractivity contribution in [3.8, 4) is 17.2 Å². The van der Waals surface area contributed by atoms with Gasteiger partial charge in [-0.25, -0.2) is 0 Å². The highest BCUT2D eigenvalue weighted by Crippen LogP contribution is 2.69. The molecule has 3 fully saturated rings. The summed E-state index contributed by atoms with van der Waals surface area (Å²) in [4.78, 5) is 58.7. The molecule has 1 saturated heterocycles. The number of halogens is 1. The summed E-state index contributed by atoms with van der Waals surface area (Å²) in [5.74, 6) is -0.790. The van der Waals surface area contributed by atoms with E-state index >= 15 is 0 Å². The number of methoxy groups -OCH3 is 1. The Morgan fingerprint density at radius 3 is 2.47 bits per heavy atom. The van der Waals surface area contributed by atoms with Crippen LogP contribution in [0.15, 0.2) is 81.0 Å². The van der Waals surface area contributed by atoms with Crippen molar-refractivity contribution in [2.24, 2.45) is 29.6 Å². The van der Waals surface area contributed by atoms with Gasteiger partial charge in [0, 0.05) is 31.8 Å². The first kappa shape index (κ1) is 30.3. The van der Waals surface area contributed by atoms with E-state index in [-0.39, 0.29) is 63.9 Å². The van der Waals surface area contributed by atoms with Crippen molar-refractivity contribution in [3.63, 3.8) is 0 Å². The molecule has 3 N–H and O–H groups in total. The number of hydrogen-bond acceptors (Lipinski definition) is 9. The number of thiazole rings is 1. The first-order valence-electron chi connectivity index (χ1n) is 15.1. The molecule has 240 valence electrons. The van der Waals surface area contributed by atoms with E-state index < -0.39 is 11.8 Å². The number of carbonyl (C=O) groups is 3. The van der Waals surface area contributed by atoms with Crippen LogP contribution >= 0.6 is 39.0 Å². The summed E-state index contributed by atoms with van der Waals surface area (Å²) in [5.41, 5.74) is 1.88. The molecule has 3 amide bonds. The van der Waals surface area contributed by atoms with Crippen molar-refractivity contribution in [3.05, 3.63) is 91.3 Å². The number of H-pyrrole nitrogens is 1. The first-order valence-corrected chi connectivity index (χ1v) is 17.6. The van der Waals surface area contributed by atoms with E-state index in [1.807, 2.05) is 18.2 Å². The van der Waals surface area contributed by atoms with Crippen LogP contribution < -0.4 is 24.6 Å². The molecule has 10 nitrogen and oxygen atoms in total. The molecule has 0 radical (unpaired) electrons. The number of phenolic OH excluding ortho intramolecular Hbond substituents is 1. The van der Waals surface area contributed by atoms with Gasteiger partial charge in [0.25, 0.3) is 5.91 Å². The molecular weight excluding hydrogens is 706 g/mol. The van der Waals surface area contributed by atoms with Crippen molar-refractivity contribution in [2.45, 2.75) is 22.6 Å². The van der Waals surface area contributed by atoms with Crippen LogP contribution in [0.2, 0.25) is 0 Å². The number of aromatic nitrogens is 1. The molecule has 13 heteroatoms. The van der Waals surface area contributed by atoms with E-state index in [0.717, 1.165) is 37.7 Å². The Labute approximate surface area is 285 Å². The number of nitrogens with one attached hydrogen (secondary N) is 2. The van der Waals surface area contributed by atoms with Crippen molar-refractivity contribution in [1.29, 1.82) is 0 Å². The lowest BCUT2D eigenvalue weighted by Crippen LogP contribution is -2.42. The number of benzene rings is 3. The van der Waals surface area contributed by atoms with E-state index in [1.54, 1.807) is 55.3 Å². The summed E-state index contributed by atoms with van der Waals surface area (Å²) in [6.07, 6.45) is 0.750. The minimum absolute atomic E-state index is 0.00111. The number of thioether (sulfide) groups is 1.